The Bertz CT molecular complexity index is 424. The van der Waals surface area contributed by atoms with Gasteiger partial charge in [0.1, 0.15) is 0 Å². The summed E-state index contributed by atoms with van der Waals surface area (Å²) in [6.07, 6.45) is 1.32. The molecule has 0 heterocycles. The van der Waals surface area contributed by atoms with Gasteiger partial charge in [-0.15, -0.1) is 0 Å². The largest absolute Gasteiger partial charge is 0.493 e. The molecule has 1 atom stereocenters. The first-order valence-electron chi connectivity index (χ1n) is 6.75. The van der Waals surface area contributed by atoms with Crippen LogP contribution in [0.15, 0.2) is 18.2 Å². The van der Waals surface area contributed by atoms with Crippen molar-refractivity contribution < 1.29 is 14.3 Å². The standard InChI is InChI=1S/C16H24O3/c1-11(2)6-8-14(13(4)17)19-16-10-12(3)7-9-15(16)18-5/h7,9-11,14H,6,8H2,1-5H3. The zero-order valence-electron chi connectivity index (χ0n) is 12.5. The predicted octanol–water partition coefficient (Wildman–Crippen LogP) is 3.78. The average Bonchev–Trinajstić information content (AvgIpc) is 2.34. The number of hydrogen-bond donors (Lipinski definition) is 0. The van der Waals surface area contributed by atoms with Crippen molar-refractivity contribution in [3.8, 4) is 11.5 Å². The Kier molecular flexibility index (Phi) is 5.87. The van der Waals surface area contributed by atoms with Gasteiger partial charge in [0.15, 0.2) is 23.4 Å². The number of carbonyl (C=O) groups excluding carboxylic acids is 1. The van der Waals surface area contributed by atoms with Gasteiger partial charge in [-0.3, -0.25) is 4.79 Å². The van der Waals surface area contributed by atoms with E-state index in [0.717, 1.165) is 18.4 Å². The molecule has 0 saturated carbocycles. The summed E-state index contributed by atoms with van der Waals surface area (Å²) >= 11 is 0. The lowest BCUT2D eigenvalue weighted by atomic mass is 10.0. The number of carbonyl (C=O) groups is 1. The lowest BCUT2D eigenvalue weighted by molar-refractivity contribution is -0.124. The second-order valence-corrected chi connectivity index (χ2v) is 5.34. The molecule has 1 unspecified atom stereocenters. The van der Waals surface area contributed by atoms with Crippen LogP contribution in [-0.2, 0) is 4.79 Å². The van der Waals surface area contributed by atoms with Gasteiger partial charge in [-0.2, -0.15) is 0 Å². The van der Waals surface area contributed by atoms with Crippen LogP contribution in [0.5, 0.6) is 11.5 Å². The maximum atomic E-state index is 11.7. The Balaban J connectivity index is 2.83. The molecule has 19 heavy (non-hydrogen) atoms. The highest BCUT2D eigenvalue weighted by atomic mass is 16.5. The predicted molar refractivity (Wildman–Crippen MR) is 76.9 cm³/mol. The molecular weight excluding hydrogens is 240 g/mol. The molecular formula is C16H24O3. The van der Waals surface area contributed by atoms with Gasteiger partial charge in [-0.25, -0.2) is 0 Å². The molecule has 0 fully saturated rings. The highest BCUT2D eigenvalue weighted by Crippen LogP contribution is 2.29. The topological polar surface area (TPSA) is 35.5 Å². The van der Waals surface area contributed by atoms with Crippen LogP contribution in [0.2, 0.25) is 0 Å². The molecule has 0 spiro atoms. The monoisotopic (exact) mass is 264 g/mol. The lowest BCUT2D eigenvalue weighted by Gasteiger charge is -2.19. The summed E-state index contributed by atoms with van der Waals surface area (Å²) in [6.45, 7) is 7.85. The first-order chi connectivity index (χ1) is 8.93. The number of Topliss-reactive ketones (excluding diaryl/α,β-unsaturated/α-hetero) is 1. The van der Waals surface area contributed by atoms with Crippen molar-refractivity contribution in [2.45, 2.75) is 46.6 Å². The molecule has 0 radical (unpaired) electrons. The normalized spacial score (nSPS) is 12.3. The molecule has 1 aromatic carbocycles. The average molecular weight is 264 g/mol. The summed E-state index contributed by atoms with van der Waals surface area (Å²) in [6, 6.07) is 5.73. The fourth-order valence-electron chi connectivity index (χ4n) is 1.86. The number of rotatable bonds is 7. The quantitative estimate of drug-likeness (QED) is 0.752. The van der Waals surface area contributed by atoms with Crippen molar-refractivity contribution in [3.05, 3.63) is 23.8 Å². The number of methoxy groups -OCH3 is 1. The molecule has 1 aromatic rings. The van der Waals surface area contributed by atoms with Crippen LogP contribution in [-0.4, -0.2) is 19.0 Å². The number of hydrogen-bond acceptors (Lipinski definition) is 3. The van der Waals surface area contributed by atoms with E-state index in [1.807, 2.05) is 25.1 Å². The zero-order valence-corrected chi connectivity index (χ0v) is 12.5. The highest BCUT2D eigenvalue weighted by molar-refractivity contribution is 5.80. The molecule has 0 N–H and O–H groups in total. The number of ketones is 1. The van der Waals surface area contributed by atoms with Crippen LogP contribution in [0.25, 0.3) is 0 Å². The van der Waals surface area contributed by atoms with Gasteiger partial charge in [0.05, 0.1) is 7.11 Å². The molecule has 0 aromatic heterocycles. The first-order valence-corrected chi connectivity index (χ1v) is 6.75. The van der Waals surface area contributed by atoms with Crippen molar-refractivity contribution in [2.75, 3.05) is 7.11 Å². The van der Waals surface area contributed by atoms with E-state index in [9.17, 15) is 4.79 Å². The van der Waals surface area contributed by atoms with Gasteiger partial charge >= 0.3 is 0 Å². The van der Waals surface area contributed by atoms with E-state index < -0.39 is 6.10 Å². The van der Waals surface area contributed by atoms with E-state index in [1.165, 1.54) is 0 Å². The van der Waals surface area contributed by atoms with Crippen molar-refractivity contribution in [2.24, 2.45) is 5.92 Å². The zero-order chi connectivity index (χ0) is 14.4. The molecule has 106 valence electrons. The minimum absolute atomic E-state index is 0.0595. The van der Waals surface area contributed by atoms with Gasteiger partial charge in [0.25, 0.3) is 0 Å². The lowest BCUT2D eigenvalue weighted by Crippen LogP contribution is -2.25. The smallest absolute Gasteiger partial charge is 0.170 e. The van der Waals surface area contributed by atoms with Crippen molar-refractivity contribution in [3.63, 3.8) is 0 Å². The molecule has 3 nitrogen and oxygen atoms in total. The van der Waals surface area contributed by atoms with Crippen molar-refractivity contribution in [1.82, 2.24) is 0 Å². The number of benzene rings is 1. The van der Waals surface area contributed by atoms with E-state index in [-0.39, 0.29) is 5.78 Å². The molecule has 0 amide bonds. The van der Waals surface area contributed by atoms with Crippen molar-refractivity contribution in [1.29, 1.82) is 0 Å². The van der Waals surface area contributed by atoms with Gasteiger partial charge < -0.3 is 9.47 Å². The third kappa shape index (κ3) is 4.93. The summed E-state index contributed by atoms with van der Waals surface area (Å²) in [7, 11) is 1.61. The first kappa shape index (κ1) is 15.5. The van der Waals surface area contributed by atoms with Crippen LogP contribution in [0, 0.1) is 12.8 Å². The van der Waals surface area contributed by atoms with Crippen molar-refractivity contribution >= 4 is 5.78 Å². The molecule has 0 bridgehead atoms. The second kappa shape index (κ2) is 7.17. The van der Waals surface area contributed by atoms with E-state index in [4.69, 9.17) is 9.47 Å². The fourth-order valence-corrected chi connectivity index (χ4v) is 1.86. The van der Waals surface area contributed by atoms with E-state index in [2.05, 4.69) is 13.8 Å². The molecule has 0 aliphatic heterocycles. The Morgan fingerprint density at radius 1 is 1.21 bits per heavy atom. The Morgan fingerprint density at radius 3 is 2.42 bits per heavy atom. The SMILES string of the molecule is COc1ccc(C)cc1OC(CCC(C)C)C(C)=O. The Morgan fingerprint density at radius 2 is 1.89 bits per heavy atom. The maximum absolute atomic E-state index is 11.7. The summed E-state index contributed by atoms with van der Waals surface area (Å²) in [4.78, 5) is 11.7. The third-order valence-corrected chi connectivity index (χ3v) is 3.05. The van der Waals surface area contributed by atoms with Crippen LogP contribution >= 0.6 is 0 Å². The molecule has 3 heteroatoms. The van der Waals surface area contributed by atoms with E-state index in [1.54, 1.807) is 14.0 Å². The minimum atomic E-state index is -0.391. The summed E-state index contributed by atoms with van der Waals surface area (Å²) in [5.74, 6) is 1.93. The van der Waals surface area contributed by atoms with Crippen LogP contribution in [0.1, 0.15) is 39.2 Å². The Labute approximate surface area is 115 Å². The van der Waals surface area contributed by atoms with Gasteiger partial charge in [-0.05, 0) is 50.3 Å². The van der Waals surface area contributed by atoms with Crippen LogP contribution < -0.4 is 9.47 Å². The third-order valence-electron chi connectivity index (χ3n) is 3.05. The summed E-state index contributed by atoms with van der Waals surface area (Å²) in [5, 5.41) is 0. The molecule has 0 aliphatic rings. The van der Waals surface area contributed by atoms with E-state index in [0.29, 0.717) is 17.4 Å². The fraction of sp³-hybridized carbons (Fsp3) is 0.562. The molecule has 0 saturated heterocycles. The van der Waals surface area contributed by atoms with Crippen LogP contribution in [0.3, 0.4) is 0 Å². The Hall–Kier alpha value is -1.51. The maximum Gasteiger partial charge on any atom is 0.170 e. The minimum Gasteiger partial charge on any atom is -0.493 e. The highest BCUT2D eigenvalue weighted by Gasteiger charge is 2.18. The summed E-state index contributed by atoms with van der Waals surface area (Å²) < 4.78 is 11.1. The molecule has 1 rings (SSSR count). The second-order valence-electron chi connectivity index (χ2n) is 5.34. The van der Waals surface area contributed by atoms with Gasteiger partial charge in [0.2, 0.25) is 0 Å². The molecule has 0 aliphatic carbocycles. The summed E-state index contributed by atoms with van der Waals surface area (Å²) in [5.41, 5.74) is 1.09. The van der Waals surface area contributed by atoms with Crippen LogP contribution in [0.4, 0.5) is 0 Å². The van der Waals surface area contributed by atoms with Gasteiger partial charge in [0, 0.05) is 0 Å². The van der Waals surface area contributed by atoms with E-state index >= 15 is 0 Å². The number of ether oxygens (including phenoxy) is 2. The van der Waals surface area contributed by atoms with Gasteiger partial charge in [-0.1, -0.05) is 19.9 Å². The number of aryl methyl sites for hydroxylation is 1.